The predicted octanol–water partition coefficient (Wildman–Crippen LogP) is 3.54. The molecule has 0 saturated carbocycles. The van der Waals surface area contributed by atoms with E-state index < -0.39 is 8.07 Å². The minimum atomic E-state index is -1.41. The van der Waals surface area contributed by atoms with Gasteiger partial charge in [0.1, 0.15) is 14.2 Å². The number of benzene rings is 1. The maximum atomic E-state index is 5.90. The number of hydrogen-bond donors (Lipinski definition) is 0. The van der Waals surface area contributed by atoms with Crippen LogP contribution in [0.15, 0.2) is 18.2 Å². The van der Waals surface area contributed by atoms with E-state index in [1.54, 1.807) is 18.2 Å². The van der Waals surface area contributed by atoms with E-state index in [4.69, 9.17) is 22.8 Å². The van der Waals surface area contributed by atoms with Crippen molar-refractivity contribution in [2.75, 3.05) is 0 Å². The van der Waals surface area contributed by atoms with Crippen molar-refractivity contribution in [1.29, 1.82) is 0 Å². The predicted molar refractivity (Wildman–Crippen MR) is 71.1 cm³/mol. The second-order valence-corrected chi connectivity index (χ2v) is 9.55. The number of ether oxygens (including phenoxy) is 1. The van der Waals surface area contributed by atoms with Gasteiger partial charge in [-0.05, 0) is 18.2 Å². The van der Waals surface area contributed by atoms with Crippen LogP contribution in [0.5, 0.6) is 5.75 Å². The largest absolute Gasteiger partial charge is 0.407 e. The van der Waals surface area contributed by atoms with E-state index in [-0.39, 0.29) is 0 Å². The van der Waals surface area contributed by atoms with Gasteiger partial charge in [-0.25, -0.2) is 0 Å². The average Bonchev–Trinajstić information content (AvgIpc) is 2.17. The zero-order valence-electron chi connectivity index (χ0n) is 9.60. The summed E-state index contributed by atoms with van der Waals surface area (Å²) in [6, 6.07) is 5.23. The summed E-state index contributed by atoms with van der Waals surface area (Å²) in [6.07, 6.45) is 7.25. The summed E-state index contributed by atoms with van der Waals surface area (Å²) in [6.45, 7) is 6.52. The van der Waals surface area contributed by atoms with E-state index in [1.165, 1.54) is 0 Å². The standard InChI is InChI=1S/C13H13ClOSi/c1-5-15-13-7-6-12(14)10-11(13)8-9-16(2,3)4/h1,6-7,10H,2-4H3. The molecule has 0 aliphatic rings. The number of rotatable bonds is 1. The molecule has 0 fully saturated rings. The van der Waals surface area contributed by atoms with Gasteiger partial charge in [-0.15, -0.1) is 5.54 Å². The zero-order valence-corrected chi connectivity index (χ0v) is 11.4. The summed E-state index contributed by atoms with van der Waals surface area (Å²) in [5.41, 5.74) is 3.99. The van der Waals surface area contributed by atoms with Crippen LogP contribution in [0, 0.1) is 24.0 Å². The van der Waals surface area contributed by atoms with Gasteiger partial charge < -0.3 is 4.74 Å². The molecule has 0 aliphatic carbocycles. The van der Waals surface area contributed by atoms with E-state index >= 15 is 0 Å². The van der Waals surface area contributed by atoms with Crippen molar-refractivity contribution in [3.05, 3.63) is 28.8 Å². The number of terminal acetylenes is 1. The van der Waals surface area contributed by atoms with Crippen LogP contribution in [0.3, 0.4) is 0 Å². The normalized spacial score (nSPS) is 9.94. The first-order chi connectivity index (χ1) is 7.42. The van der Waals surface area contributed by atoms with E-state index in [2.05, 4.69) is 37.2 Å². The zero-order chi connectivity index (χ0) is 12.2. The highest BCUT2D eigenvalue weighted by Crippen LogP contribution is 2.22. The van der Waals surface area contributed by atoms with Crippen molar-refractivity contribution in [2.24, 2.45) is 0 Å². The molecule has 0 atom stereocenters. The second-order valence-electron chi connectivity index (χ2n) is 4.36. The minimum Gasteiger partial charge on any atom is -0.407 e. The SMILES string of the molecule is C#COc1ccc(Cl)cc1C#C[Si](C)(C)C. The maximum absolute atomic E-state index is 5.90. The first-order valence-corrected chi connectivity index (χ1v) is 8.75. The van der Waals surface area contributed by atoms with Gasteiger partial charge in [0.25, 0.3) is 0 Å². The molecule has 0 heterocycles. The summed E-state index contributed by atoms with van der Waals surface area (Å²) in [7, 11) is -1.41. The van der Waals surface area contributed by atoms with E-state index in [0.717, 1.165) is 5.56 Å². The molecule has 0 aliphatic heterocycles. The Morgan fingerprint density at radius 1 is 1.31 bits per heavy atom. The van der Waals surface area contributed by atoms with Crippen LogP contribution in [0.1, 0.15) is 5.56 Å². The van der Waals surface area contributed by atoms with Gasteiger partial charge in [-0.3, -0.25) is 0 Å². The highest BCUT2D eigenvalue weighted by molar-refractivity contribution is 6.83. The van der Waals surface area contributed by atoms with Crippen molar-refractivity contribution in [3.63, 3.8) is 0 Å². The molecule has 0 amide bonds. The molecule has 1 nitrogen and oxygen atoms in total. The van der Waals surface area contributed by atoms with Crippen LogP contribution < -0.4 is 4.74 Å². The molecular weight excluding hydrogens is 236 g/mol. The molecule has 16 heavy (non-hydrogen) atoms. The van der Waals surface area contributed by atoms with Crippen LogP contribution in [0.25, 0.3) is 0 Å². The molecule has 1 rings (SSSR count). The molecule has 1 aromatic carbocycles. The van der Waals surface area contributed by atoms with Crippen LogP contribution in [-0.4, -0.2) is 8.07 Å². The third kappa shape index (κ3) is 4.02. The Morgan fingerprint density at radius 3 is 2.56 bits per heavy atom. The summed E-state index contributed by atoms with van der Waals surface area (Å²) >= 11 is 5.90. The monoisotopic (exact) mass is 248 g/mol. The molecule has 0 saturated heterocycles. The highest BCUT2D eigenvalue weighted by atomic mass is 35.5. The van der Waals surface area contributed by atoms with Gasteiger partial charge >= 0.3 is 0 Å². The summed E-state index contributed by atoms with van der Waals surface area (Å²) in [5, 5.41) is 0.629. The van der Waals surface area contributed by atoms with E-state index in [1.807, 2.05) is 0 Å². The maximum Gasteiger partial charge on any atom is 0.155 e. The Bertz CT molecular complexity index is 483. The van der Waals surface area contributed by atoms with E-state index in [0.29, 0.717) is 10.8 Å². The van der Waals surface area contributed by atoms with Crippen LogP contribution in [0.4, 0.5) is 0 Å². The lowest BCUT2D eigenvalue weighted by molar-refractivity contribution is 0.519. The molecule has 0 unspecified atom stereocenters. The van der Waals surface area contributed by atoms with Gasteiger partial charge in [0.2, 0.25) is 0 Å². The van der Waals surface area contributed by atoms with Crippen molar-refractivity contribution in [1.82, 2.24) is 0 Å². The highest BCUT2D eigenvalue weighted by Gasteiger charge is 2.08. The molecule has 0 bridgehead atoms. The molecule has 0 aromatic heterocycles. The van der Waals surface area contributed by atoms with Crippen molar-refractivity contribution < 1.29 is 4.74 Å². The second kappa shape index (κ2) is 5.12. The summed E-state index contributed by atoms with van der Waals surface area (Å²) in [5.74, 6) is 3.67. The summed E-state index contributed by atoms with van der Waals surface area (Å²) in [4.78, 5) is 0. The molecule has 1 aromatic rings. The Labute approximate surface area is 103 Å². The fourth-order valence-electron chi connectivity index (χ4n) is 1.01. The third-order valence-corrected chi connectivity index (χ3v) is 2.79. The third-order valence-electron chi connectivity index (χ3n) is 1.68. The topological polar surface area (TPSA) is 9.23 Å². The Hall–Kier alpha value is -1.35. The van der Waals surface area contributed by atoms with Crippen LogP contribution in [-0.2, 0) is 0 Å². The first-order valence-electron chi connectivity index (χ1n) is 4.87. The van der Waals surface area contributed by atoms with Crippen molar-refractivity contribution >= 4 is 19.7 Å². The van der Waals surface area contributed by atoms with Gasteiger partial charge in [0.15, 0.2) is 5.75 Å². The van der Waals surface area contributed by atoms with Crippen molar-refractivity contribution in [3.8, 4) is 29.7 Å². The van der Waals surface area contributed by atoms with Gasteiger partial charge in [0, 0.05) is 5.02 Å². The lowest BCUT2D eigenvalue weighted by atomic mass is 10.2. The number of hydrogen-bond acceptors (Lipinski definition) is 1. The van der Waals surface area contributed by atoms with Gasteiger partial charge in [-0.2, -0.15) is 0 Å². The average molecular weight is 249 g/mol. The Balaban J connectivity index is 3.15. The molecule has 0 radical (unpaired) electrons. The van der Waals surface area contributed by atoms with Crippen molar-refractivity contribution in [2.45, 2.75) is 19.6 Å². The Morgan fingerprint density at radius 2 is 2.00 bits per heavy atom. The lowest BCUT2D eigenvalue weighted by Crippen LogP contribution is -2.16. The molecule has 0 spiro atoms. The fraction of sp³-hybridized carbons (Fsp3) is 0.231. The molecule has 3 heteroatoms. The minimum absolute atomic E-state index is 0.581. The quantitative estimate of drug-likeness (QED) is 0.546. The summed E-state index contributed by atoms with van der Waals surface area (Å²) < 4.78 is 5.04. The Kier molecular flexibility index (Phi) is 4.07. The smallest absolute Gasteiger partial charge is 0.155 e. The van der Waals surface area contributed by atoms with E-state index in [9.17, 15) is 0 Å². The molecular formula is C13H13ClOSi. The molecule has 0 N–H and O–H groups in total. The van der Waals surface area contributed by atoms with Crippen LogP contribution in [0.2, 0.25) is 24.7 Å². The molecule has 82 valence electrons. The van der Waals surface area contributed by atoms with Crippen LogP contribution >= 0.6 is 11.6 Å². The lowest BCUT2D eigenvalue weighted by Gasteiger charge is -2.05. The first kappa shape index (κ1) is 12.7. The fourth-order valence-corrected chi connectivity index (χ4v) is 1.69. The van der Waals surface area contributed by atoms with Gasteiger partial charge in [0.05, 0.1) is 5.56 Å². The number of halogens is 1. The van der Waals surface area contributed by atoms with Gasteiger partial charge in [-0.1, -0.05) is 43.6 Å².